The molecule has 21 heavy (non-hydrogen) atoms. The van der Waals surface area contributed by atoms with Crippen LogP contribution in [0.4, 0.5) is 5.69 Å². The SMILES string of the molecule is Cc1ccc(C2CC(Nc3cccc(C(=O)O)c3)C2)cc1. The molecular formula is C18H19NO2. The summed E-state index contributed by atoms with van der Waals surface area (Å²) in [6, 6.07) is 16.2. The number of carbonyl (C=O) groups is 1. The first-order valence-electron chi connectivity index (χ1n) is 7.28. The van der Waals surface area contributed by atoms with E-state index in [9.17, 15) is 4.79 Å². The topological polar surface area (TPSA) is 49.3 Å². The van der Waals surface area contributed by atoms with Crippen molar-refractivity contribution < 1.29 is 9.90 Å². The third-order valence-electron chi connectivity index (χ3n) is 4.17. The molecule has 1 fully saturated rings. The highest BCUT2D eigenvalue weighted by molar-refractivity contribution is 5.88. The molecule has 0 unspecified atom stereocenters. The molecule has 0 amide bonds. The van der Waals surface area contributed by atoms with Gasteiger partial charge in [0.1, 0.15) is 0 Å². The molecule has 0 bridgehead atoms. The maximum absolute atomic E-state index is 11.0. The molecule has 1 saturated carbocycles. The highest BCUT2D eigenvalue weighted by Gasteiger charge is 2.30. The van der Waals surface area contributed by atoms with Crippen LogP contribution in [0.3, 0.4) is 0 Å². The molecular weight excluding hydrogens is 262 g/mol. The molecule has 0 saturated heterocycles. The van der Waals surface area contributed by atoms with E-state index in [-0.39, 0.29) is 0 Å². The van der Waals surface area contributed by atoms with E-state index in [1.54, 1.807) is 18.2 Å². The maximum Gasteiger partial charge on any atom is 0.335 e. The highest BCUT2D eigenvalue weighted by Crippen LogP contribution is 2.38. The van der Waals surface area contributed by atoms with Crippen LogP contribution in [0, 0.1) is 6.92 Å². The van der Waals surface area contributed by atoms with Gasteiger partial charge in [0.05, 0.1) is 5.56 Å². The van der Waals surface area contributed by atoms with E-state index >= 15 is 0 Å². The van der Waals surface area contributed by atoms with Gasteiger partial charge in [-0.15, -0.1) is 0 Å². The number of aromatic carboxylic acids is 1. The fourth-order valence-corrected chi connectivity index (χ4v) is 2.82. The first kappa shape index (κ1) is 13.7. The van der Waals surface area contributed by atoms with Crippen LogP contribution in [0.2, 0.25) is 0 Å². The summed E-state index contributed by atoms with van der Waals surface area (Å²) in [5.41, 5.74) is 3.91. The highest BCUT2D eigenvalue weighted by atomic mass is 16.4. The van der Waals surface area contributed by atoms with Gasteiger partial charge in [-0.25, -0.2) is 4.79 Å². The Hall–Kier alpha value is -2.29. The van der Waals surface area contributed by atoms with Crippen molar-refractivity contribution >= 4 is 11.7 Å². The molecule has 0 spiro atoms. The number of hydrogen-bond acceptors (Lipinski definition) is 2. The Morgan fingerprint density at radius 1 is 1.14 bits per heavy atom. The summed E-state index contributed by atoms with van der Waals surface area (Å²) < 4.78 is 0. The zero-order chi connectivity index (χ0) is 14.8. The average molecular weight is 281 g/mol. The lowest BCUT2D eigenvalue weighted by Crippen LogP contribution is -2.34. The number of carboxylic acid groups (broad SMARTS) is 1. The largest absolute Gasteiger partial charge is 0.478 e. The van der Waals surface area contributed by atoms with Crippen LogP contribution >= 0.6 is 0 Å². The zero-order valence-electron chi connectivity index (χ0n) is 12.0. The number of rotatable bonds is 4. The standard InChI is InChI=1S/C18H19NO2/c1-12-5-7-13(8-6-12)15-10-17(11-15)19-16-4-2-3-14(9-16)18(20)21/h2-9,15,17,19H,10-11H2,1H3,(H,20,21). The minimum absolute atomic E-state index is 0.328. The number of anilines is 1. The van der Waals surface area contributed by atoms with Crippen molar-refractivity contribution in [1.82, 2.24) is 0 Å². The number of aryl methyl sites for hydroxylation is 1. The van der Waals surface area contributed by atoms with Crippen LogP contribution in [0.15, 0.2) is 48.5 Å². The maximum atomic E-state index is 11.0. The summed E-state index contributed by atoms with van der Waals surface area (Å²) in [6.45, 7) is 2.10. The average Bonchev–Trinajstić information content (AvgIpc) is 2.44. The Morgan fingerprint density at radius 2 is 1.86 bits per heavy atom. The molecule has 0 aliphatic heterocycles. The van der Waals surface area contributed by atoms with Crippen molar-refractivity contribution in [1.29, 1.82) is 0 Å². The van der Waals surface area contributed by atoms with Gasteiger partial charge in [-0.3, -0.25) is 0 Å². The van der Waals surface area contributed by atoms with E-state index in [0.717, 1.165) is 18.5 Å². The molecule has 1 aliphatic rings. The van der Waals surface area contributed by atoms with Gasteiger partial charge in [-0.1, -0.05) is 35.9 Å². The van der Waals surface area contributed by atoms with Crippen molar-refractivity contribution in [2.24, 2.45) is 0 Å². The monoisotopic (exact) mass is 281 g/mol. The molecule has 0 heterocycles. The fraction of sp³-hybridized carbons (Fsp3) is 0.278. The number of carboxylic acids is 1. The predicted octanol–water partition coefficient (Wildman–Crippen LogP) is 4.05. The Kier molecular flexibility index (Phi) is 3.65. The smallest absolute Gasteiger partial charge is 0.335 e. The van der Waals surface area contributed by atoms with Crippen molar-refractivity contribution in [3.05, 3.63) is 65.2 Å². The van der Waals surface area contributed by atoms with E-state index in [1.807, 2.05) is 6.07 Å². The zero-order valence-corrected chi connectivity index (χ0v) is 12.0. The molecule has 2 aromatic rings. The second-order valence-corrected chi connectivity index (χ2v) is 5.81. The van der Waals surface area contributed by atoms with E-state index in [1.165, 1.54) is 11.1 Å². The lowest BCUT2D eigenvalue weighted by molar-refractivity contribution is 0.0697. The van der Waals surface area contributed by atoms with Gasteiger partial charge in [0.25, 0.3) is 0 Å². The molecule has 108 valence electrons. The Bertz CT molecular complexity index is 643. The molecule has 3 nitrogen and oxygen atoms in total. The molecule has 2 aromatic carbocycles. The van der Waals surface area contributed by atoms with E-state index in [2.05, 4.69) is 36.5 Å². The summed E-state index contributed by atoms with van der Waals surface area (Å²) >= 11 is 0. The predicted molar refractivity (Wildman–Crippen MR) is 84.0 cm³/mol. The molecule has 1 aliphatic carbocycles. The molecule has 3 rings (SSSR count). The summed E-state index contributed by atoms with van der Waals surface area (Å²) in [7, 11) is 0. The first-order chi connectivity index (χ1) is 10.1. The van der Waals surface area contributed by atoms with Crippen LogP contribution in [0.1, 0.15) is 40.2 Å². The third kappa shape index (κ3) is 3.07. The van der Waals surface area contributed by atoms with Crippen molar-refractivity contribution in [3.8, 4) is 0 Å². The number of benzene rings is 2. The summed E-state index contributed by atoms with van der Waals surface area (Å²) in [5.74, 6) is -0.268. The molecule has 0 atom stereocenters. The molecule has 2 N–H and O–H groups in total. The first-order valence-corrected chi connectivity index (χ1v) is 7.28. The van der Waals surface area contributed by atoms with Crippen molar-refractivity contribution in [3.63, 3.8) is 0 Å². The minimum Gasteiger partial charge on any atom is -0.478 e. The van der Waals surface area contributed by atoms with Gasteiger partial charge in [0.15, 0.2) is 0 Å². The summed E-state index contributed by atoms with van der Waals surface area (Å²) in [6.07, 6.45) is 2.20. The number of nitrogens with one attached hydrogen (secondary N) is 1. The molecule has 0 aromatic heterocycles. The Morgan fingerprint density at radius 3 is 2.52 bits per heavy atom. The third-order valence-corrected chi connectivity index (χ3v) is 4.17. The summed E-state index contributed by atoms with van der Waals surface area (Å²) in [4.78, 5) is 11.0. The van der Waals surface area contributed by atoms with Crippen LogP contribution < -0.4 is 5.32 Å². The van der Waals surface area contributed by atoms with Crippen molar-refractivity contribution in [2.75, 3.05) is 5.32 Å². The van der Waals surface area contributed by atoms with Crippen LogP contribution in [0.25, 0.3) is 0 Å². The second kappa shape index (κ2) is 5.60. The van der Waals surface area contributed by atoms with E-state index < -0.39 is 5.97 Å². The van der Waals surface area contributed by atoms with Gasteiger partial charge in [-0.05, 0) is 49.4 Å². The lowest BCUT2D eigenvalue weighted by Gasteiger charge is -2.37. The summed E-state index contributed by atoms with van der Waals surface area (Å²) in [5, 5.41) is 12.4. The van der Waals surface area contributed by atoms with E-state index in [0.29, 0.717) is 17.5 Å². The van der Waals surface area contributed by atoms with Crippen LogP contribution in [-0.4, -0.2) is 17.1 Å². The second-order valence-electron chi connectivity index (χ2n) is 5.81. The van der Waals surface area contributed by atoms with Gasteiger partial charge in [0.2, 0.25) is 0 Å². The number of hydrogen-bond donors (Lipinski definition) is 2. The van der Waals surface area contributed by atoms with Gasteiger partial charge >= 0.3 is 5.97 Å². The molecule has 3 heteroatoms. The quantitative estimate of drug-likeness (QED) is 0.888. The molecule has 0 radical (unpaired) electrons. The minimum atomic E-state index is -0.884. The van der Waals surface area contributed by atoms with Crippen LogP contribution in [-0.2, 0) is 0 Å². The Labute approximate surface area is 124 Å². The lowest BCUT2D eigenvalue weighted by atomic mass is 9.75. The van der Waals surface area contributed by atoms with E-state index in [4.69, 9.17) is 5.11 Å². The van der Waals surface area contributed by atoms with Crippen molar-refractivity contribution in [2.45, 2.75) is 31.7 Å². The van der Waals surface area contributed by atoms with Gasteiger partial charge in [0, 0.05) is 11.7 Å². The van der Waals surface area contributed by atoms with Gasteiger partial charge in [-0.2, -0.15) is 0 Å². The Balaban J connectivity index is 1.58. The fourth-order valence-electron chi connectivity index (χ4n) is 2.82. The van der Waals surface area contributed by atoms with Crippen LogP contribution in [0.5, 0.6) is 0 Å². The van der Waals surface area contributed by atoms with Gasteiger partial charge < -0.3 is 10.4 Å². The normalized spacial score (nSPS) is 20.6.